The number of furan rings is 1. The highest BCUT2D eigenvalue weighted by Crippen LogP contribution is 2.24. The number of amides is 1. The lowest BCUT2D eigenvalue weighted by Gasteiger charge is -1.96. The summed E-state index contributed by atoms with van der Waals surface area (Å²) in [5.41, 5.74) is 1.74. The summed E-state index contributed by atoms with van der Waals surface area (Å²) in [4.78, 5) is 26.1. The van der Waals surface area contributed by atoms with Crippen molar-refractivity contribution in [3.8, 4) is 11.3 Å². The fourth-order valence-corrected chi connectivity index (χ4v) is 2.63. The van der Waals surface area contributed by atoms with Gasteiger partial charge in [0.05, 0.1) is 11.8 Å². The van der Waals surface area contributed by atoms with Gasteiger partial charge in [-0.25, -0.2) is 4.98 Å². The molecular weight excluding hydrogens is 330 g/mol. The van der Waals surface area contributed by atoms with Gasteiger partial charge in [0.1, 0.15) is 10.7 Å². The zero-order valence-electron chi connectivity index (χ0n) is 12.2. The second-order valence-electron chi connectivity index (χ2n) is 4.66. The topological polar surface area (TPSA) is 98.3 Å². The van der Waals surface area contributed by atoms with Gasteiger partial charge in [-0.05, 0) is 12.1 Å². The van der Waals surface area contributed by atoms with E-state index in [1.54, 1.807) is 0 Å². The summed E-state index contributed by atoms with van der Waals surface area (Å²) in [6.45, 7) is 0. The fourth-order valence-electron chi connectivity index (χ4n) is 1.91. The summed E-state index contributed by atoms with van der Waals surface area (Å²) in [6, 6.07) is 12.3. The first-order valence-corrected chi connectivity index (χ1v) is 7.74. The van der Waals surface area contributed by atoms with E-state index >= 15 is 0 Å². The Kier molecular flexibility index (Phi) is 4.48. The smallest absolute Gasteiger partial charge is 0.401 e. The van der Waals surface area contributed by atoms with Gasteiger partial charge >= 0.3 is 5.88 Å². The Balaban J connectivity index is 1.63. The van der Waals surface area contributed by atoms with Crippen molar-refractivity contribution < 1.29 is 14.1 Å². The molecule has 0 aliphatic heterocycles. The van der Waals surface area contributed by atoms with Gasteiger partial charge in [0.25, 0.3) is 0 Å². The molecule has 2 aromatic heterocycles. The molecule has 0 saturated carbocycles. The van der Waals surface area contributed by atoms with Crippen LogP contribution in [0.25, 0.3) is 17.3 Å². The van der Waals surface area contributed by atoms with E-state index in [1.165, 1.54) is 35.6 Å². The van der Waals surface area contributed by atoms with E-state index in [0.29, 0.717) is 5.13 Å². The molecule has 0 unspecified atom stereocenters. The number of nitro groups is 1. The maximum Gasteiger partial charge on any atom is 0.433 e. The van der Waals surface area contributed by atoms with Crippen molar-refractivity contribution >= 4 is 34.3 Å². The number of carbonyl (C=O) groups excluding carboxylic acids is 1. The van der Waals surface area contributed by atoms with Crippen molar-refractivity contribution in [3.05, 3.63) is 69.8 Å². The minimum Gasteiger partial charge on any atom is -0.401 e. The van der Waals surface area contributed by atoms with Gasteiger partial charge in [0, 0.05) is 17.0 Å². The van der Waals surface area contributed by atoms with E-state index in [-0.39, 0.29) is 11.6 Å². The molecule has 0 aliphatic carbocycles. The molecule has 0 spiro atoms. The maximum absolute atomic E-state index is 11.9. The summed E-state index contributed by atoms with van der Waals surface area (Å²) in [7, 11) is 0. The summed E-state index contributed by atoms with van der Waals surface area (Å²) < 4.78 is 4.93. The van der Waals surface area contributed by atoms with Crippen LogP contribution in [-0.4, -0.2) is 15.8 Å². The molecule has 0 saturated heterocycles. The first-order valence-electron chi connectivity index (χ1n) is 6.86. The summed E-state index contributed by atoms with van der Waals surface area (Å²) in [6.07, 6.45) is 2.58. The van der Waals surface area contributed by atoms with Gasteiger partial charge in [-0.15, -0.1) is 11.3 Å². The maximum atomic E-state index is 11.9. The molecule has 2 heterocycles. The van der Waals surface area contributed by atoms with Crippen molar-refractivity contribution in [1.29, 1.82) is 0 Å². The Morgan fingerprint density at radius 2 is 2.04 bits per heavy atom. The molecule has 0 atom stereocenters. The Morgan fingerprint density at radius 3 is 2.75 bits per heavy atom. The van der Waals surface area contributed by atoms with E-state index in [4.69, 9.17) is 4.42 Å². The van der Waals surface area contributed by atoms with Crippen LogP contribution in [0.5, 0.6) is 0 Å². The first kappa shape index (κ1) is 15.6. The van der Waals surface area contributed by atoms with Crippen LogP contribution in [0, 0.1) is 10.1 Å². The molecule has 24 heavy (non-hydrogen) atoms. The zero-order chi connectivity index (χ0) is 16.9. The lowest BCUT2D eigenvalue weighted by Crippen LogP contribution is -2.07. The van der Waals surface area contributed by atoms with Crippen molar-refractivity contribution in [3.63, 3.8) is 0 Å². The van der Waals surface area contributed by atoms with E-state index in [0.717, 1.165) is 11.3 Å². The van der Waals surface area contributed by atoms with Gasteiger partial charge in [-0.3, -0.25) is 20.2 Å². The lowest BCUT2D eigenvalue weighted by atomic mass is 10.2. The van der Waals surface area contributed by atoms with Crippen LogP contribution >= 0.6 is 11.3 Å². The minimum atomic E-state index is -0.641. The second-order valence-corrected chi connectivity index (χ2v) is 5.52. The SMILES string of the molecule is O=C(/C=C/c1ccc([N+](=O)[O-])o1)Nc1nc(-c2ccccc2)cs1. The molecule has 8 heteroatoms. The average Bonchev–Trinajstić information content (AvgIpc) is 3.23. The van der Waals surface area contributed by atoms with Crippen LogP contribution in [-0.2, 0) is 4.79 Å². The number of rotatable bonds is 5. The van der Waals surface area contributed by atoms with Crippen LogP contribution in [0.1, 0.15) is 5.76 Å². The average molecular weight is 341 g/mol. The lowest BCUT2D eigenvalue weighted by molar-refractivity contribution is -0.402. The number of benzene rings is 1. The minimum absolute atomic E-state index is 0.223. The quantitative estimate of drug-likeness (QED) is 0.430. The molecule has 0 fully saturated rings. The number of nitrogens with zero attached hydrogens (tertiary/aromatic N) is 2. The highest BCUT2D eigenvalue weighted by atomic mass is 32.1. The van der Waals surface area contributed by atoms with Crippen molar-refractivity contribution in [2.45, 2.75) is 0 Å². The number of anilines is 1. The standard InChI is InChI=1S/C16H11N3O4S/c20-14(8-6-12-7-9-15(23-12)19(21)22)18-16-17-13(10-24-16)11-4-2-1-3-5-11/h1-10H,(H,17,18,20)/b8-6+. The molecule has 3 aromatic rings. The van der Waals surface area contributed by atoms with Crippen LogP contribution in [0.3, 0.4) is 0 Å². The fraction of sp³-hybridized carbons (Fsp3) is 0. The van der Waals surface area contributed by atoms with Crippen LogP contribution in [0.4, 0.5) is 11.0 Å². The van der Waals surface area contributed by atoms with Gasteiger partial charge in [-0.2, -0.15) is 0 Å². The molecular formula is C16H11N3O4S. The Bertz CT molecular complexity index is 899. The highest BCUT2D eigenvalue weighted by Gasteiger charge is 2.10. The molecule has 120 valence electrons. The molecule has 1 amide bonds. The Labute approximate surface area is 140 Å². The van der Waals surface area contributed by atoms with Crippen LogP contribution in [0.15, 0.2) is 58.3 Å². The molecule has 7 nitrogen and oxygen atoms in total. The molecule has 1 N–H and O–H groups in total. The van der Waals surface area contributed by atoms with Gasteiger partial charge in [-0.1, -0.05) is 30.3 Å². The third-order valence-electron chi connectivity index (χ3n) is 3.00. The predicted octanol–water partition coefficient (Wildman–Crippen LogP) is 3.96. The third kappa shape index (κ3) is 3.73. The number of thiazole rings is 1. The summed E-state index contributed by atoms with van der Waals surface area (Å²) in [5.74, 6) is -0.550. The first-order chi connectivity index (χ1) is 11.6. The molecule has 0 radical (unpaired) electrons. The summed E-state index contributed by atoms with van der Waals surface area (Å²) >= 11 is 1.31. The van der Waals surface area contributed by atoms with E-state index in [9.17, 15) is 14.9 Å². The van der Waals surface area contributed by atoms with Crippen LogP contribution < -0.4 is 5.32 Å². The molecule has 3 rings (SSSR count). The number of hydrogen-bond acceptors (Lipinski definition) is 6. The normalized spacial score (nSPS) is 10.8. The second kappa shape index (κ2) is 6.88. The van der Waals surface area contributed by atoms with Crippen molar-refractivity contribution in [2.75, 3.05) is 5.32 Å². The Hall–Kier alpha value is -3.26. The third-order valence-corrected chi connectivity index (χ3v) is 3.75. The monoisotopic (exact) mass is 341 g/mol. The number of hydrogen-bond donors (Lipinski definition) is 1. The zero-order valence-corrected chi connectivity index (χ0v) is 13.0. The molecule has 1 aromatic carbocycles. The molecule has 0 bridgehead atoms. The molecule has 0 aliphatic rings. The number of carbonyl (C=O) groups is 1. The van der Waals surface area contributed by atoms with Gasteiger partial charge in [0.15, 0.2) is 5.13 Å². The van der Waals surface area contributed by atoms with Crippen molar-refractivity contribution in [2.24, 2.45) is 0 Å². The predicted molar refractivity (Wildman–Crippen MR) is 90.6 cm³/mol. The van der Waals surface area contributed by atoms with Crippen molar-refractivity contribution in [1.82, 2.24) is 4.98 Å². The Morgan fingerprint density at radius 1 is 1.25 bits per heavy atom. The number of nitrogens with one attached hydrogen (secondary N) is 1. The summed E-state index contributed by atoms with van der Waals surface area (Å²) in [5, 5.41) is 15.5. The van der Waals surface area contributed by atoms with Crippen LogP contribution in [0.2, 0.25) is 0 Å². The van der Waals surface area contributed by atoms with Gasteiger partial charge < -0.3 is 4.42 Å². The van der Waals surface area contributed by atoms with E-state index < -0.39 is 10.8 Å². The highest BCUT2D eigenvalue weighted by molar-refractivity contribution is 7.14. The largest absolute Gasteiger partial charge is 0.433 e. The van der Waals surface area contributed by atoms with Gasteiger partial charge in [0.2, 0.25) is 5.91 Å². The van der Waals surface area contributed by atoms with E-state index in [1.807, 2.05) is 35.7 Å². The number of aromatic nitrogens is 1. The van der Waals surface area contributed by atoms with E-state index in [2.05, 4.69) is 10.3 Å².